The van der Waals surface area contributed by atoms with Gasteiger partial charge in [-0.15, -0.1) is 0 Å². The molecule has 0 spiro atoms. The summed E-state index contributed by atoms with van der Waals surface area (Å²) >= 11 is 0. The van der Waals surface area contributed by atoms with E-state index in [1.165, 1.54) is 6.07 Å². The maximum absolute atomic E-state index is 13.4. The normalized spacial score (nSPS) is 17.0. The van der Waals surface area contributed by atoms with Crippen molar-refractivity contribution in [1.82, 2.24) is 5.32 Å². The standard InChI is InChI=1S/C16H19F2NO4/c1-10(9-23-13-4-3-11(17)7-12(13)18)19-14(20)8-16(15(21)22)5-2-6-16/h3-4,7,10H,2,5-6,8-9H2,1H3,(H,19,20)(H,21,22). The Balaban J connectivity index is 1.81. The minimum Gasteiger partial charge on any atom is -0.488 e. The number of carbonyl (C=O) groups is 2. The lowest BCUT2D eigenvalue weighted by Crippen LogP contribution is -2.45. The number of hydrogen-bond donors (Lipinski definition) is 2. The van der Waals surface area contributed by atoms with Crippen molar-refractivity contribution in [3.8, 4) is 5.75 Å². The van der Waals surface area contributed by atoms with E-state index < -0.39 is 29.1 Å². The van der Waals surface area contributed by atoms with Crippen molar-refractivity contribution < 1.29 is 28.2 Å². The first-order valence-corrected chi connectivity index (χ1v) is 7.43. The number of carboxylic acids is 1. The van der Waals surface area contributed by atoms with Crippen LogP contribution < -0.4 is 10.1 Å². The fourth-order valence-corrected chi connectivity index (χ4v) is 2.55. The highest BCUT2D eigenvalue weighted by Crippen LogP contribution is 2.44. The van der Waals surface area contributed by atoms with Crippen LogP contribution in [0.4, 0.5) is 8.78 Å². The summed E-state index contributed by atoms with van der Waals surface area (Å²) in [5.41, 5.74) is -0.951. The van der Waals surface area contributed by atoms with Crippen LogP contribution in [0.5, 0.6) is 5.75 Å². The van der Waals surface area contributed by atoms with Crippen LogP contribution in [0.15, 0.2) is 18.2 Å². The number of aliphatic carboxylic acids is 1. The summed E-state index contributed by atoms with van der Waals surface area (Å²) in [7, 11) is 0. The molecule has 0 radical (unpaired) electrons. The molecular weight excluding hydrogens is 308 g/mol. The summed E-state index contributed by atoms with van der Waals surface area (Å²) in [5.74, 6) is -2.94. The van der Waals surface area contributed by atoms with Crippen molar-refractivity contribution in [3.05, 3.63) is 29.8 Å². The first-order valence-electron chi connectivity index (χ1n) is 7.43. The Bertz CT molecular complexity index is 602. The van der Waals surface area contributed by atoms with Crippen molar-refractivity contribution in [2.75, 3.05) is 6.61 Å². The van der Waals surface area contributed by atoms with Crippen LogP contribution in [-0.4, -0.2) is 29.6 Å². The lowest BCUT2D eigenvalue weighted by molar-refractivity contribution is -0.157. The van der Waals surface area contributed by atoms with Crippen LogP contribution in [0.2, 0.25) is 0 Å². The first-order chi connectivity index (χ1) is 10.8. The molecule has 0 bridgehead atoms. The number of nitrogens with one attached hydrogen (secondary N) is 1. The van der Waals surface area contributed by atoms with Crippen molar-refractivity contribution in [3.63, 3.8) is 0 Å². The van der Waals surface area contributed by atoms with Gasteiger partial charge in [0.1, 0.15) is 12.4 Å². The molecule has 1 aliphatic carbocycles. The SMILES string of the molecule is CC(COc1ccc(F)cc1F)NC(=O)CC1(C(=O)O)CCC1. The highest BCUT2D eigenvalue weighted by atomic mass is 19.1. The van der Waals surface area contributed by atoms with Crippen molar-refractivity contribution in [1.29, 1.82) is 0 Å². The molecule has 126 valence electrons. The highest BCUT2D eigenvalue weighted by Gasteiger charge is 2.45. The summed E-state index contributed by atoms with van der Waals surface area (Å²) in [6.07, 6.45) is 1.74. The zero-order chi connectivity index (χ0) is 17.0. The lowest BCUT2D eigenvalue weighted by atomic mass is 9.66. The maximum atomic E-state index is 13.4. The molecule has 0 aromatic heterocycles. The lowest BCUT2D eigenvalue weighted by Gasteiger charge is -2.37. The predicted molar refractivity (Wildman–Crippen MR) is 78.0 cm³/mol. The van der Waals surface area contributed by atoms with Gasteiger partial charge in [-0.05, 0) is 31.9 Å². The van der Waals surface area contributed by atoms with Crippen molar-refractivity contribution >= 4 is 11.9 Å². The molecule has 1 fully saturated rings. The third-order valence-corrected chi connectivity index (χ3v) is 4.05. The van der Waals surface area contributed by atoms with E-state index in [-0.39, 0.29) is 24.7 Å². The predicted octanol–water partition coefficient (Wildman–Crippen LogP) is 2.49. The maximum Gasteiger partial charge on any atom is 0.310 e. The Morgan fingerprint density at radius 1 is 1.39 bits per heavy atom. The molecule has 1 aromatic rings. The van der Waals surface area contributed by atoms with Gasteiger partial charge in [-0.1, -0.05) is 6.42 Å². The van der Waals surface area contributed by atoms with Crippen LogP contribution in [0.1, 0.15) is 32.6 Å². The molecule has 1 aromatic carbocycles. The summed E-state index contributed by atoms with van der Waals surface area (Å²) in [5, 5.41) is 11.8. The number of ether oxygens (including phenoxy) is 1. The van der Waals surface area contributed by atoms with E-state index in [9.17, 15) is 23.5 Å². The smallest absolute Gasteiger partial charge is 0.310 e. The molecular formula is C16H19F2NO4. The number of halogens is 2. The van der Waals surface area contributed by atoms with Gasteiger partial charge in [-0.3, -0.25) is 9.59 Å². The molecule has 2 rings (SSSR count). The second kappa shape index (κ2) is 6.93. The molecule has 1 atom stereocenters. The number of hydrogen-bond acceptors (Lipinski definition) is 3. The van der Waals surface area contributed by atoms with Crippen LogP contribution >= 0.6 is 0 Å². The molecule has 5 nitrogen and oxygen atoms in total. The molecule has 7 heteroatoms. The van der Waals surface area contributed by atoms with Gasteiger partial charge in [0, 0.05) is 12.5 Å². The number of amides is 1. The molecule has 1 saturated carbocycles. The van der Waals surface area contributed by atoms with Crippen molar-refractivity contribution in [2.24, 2.45) is 5.41 Å². The average molecular weight is 327 g/mol. The fourth-order valence-electron chi connectivity index (χ4n) is 2.55. The van der Waals surface area contributed by atoms with Crippen LogP contribution in [0.3, 0.4) is 0 Å². The van der Waals surface area contributed by atoms with E-state index in [0.29, 0.717) is 18.9 Å². The Hall–Kier alpha value is -2.18. The molecule has 1 aliphatic rings. The Labute approximate surface area is 132 Å². The van der Waals surface area contributed by atoms with E-state index in [2.05, 4.69) is 5.32 Å². The molecule has 0 aliphatic heterocycles. The molecule has 0 heterocycles. The van der Waals surface area contributed by atoms with Gasteiger partial charge in [0.15, 0.2) is 11.6 Å². The van der Waals surface area contributed by atoms with Gasteiger partial charge in [0.05, 0.1) is 11.5 Å². The van der Waals surface area contributed by atoms with E-state index in [1.807, 2.05) is 0 Å². The number of carbonyl (C=O) groups excluding carboxylic acids is 1. The fraction of sp³-hybridized carbons (Fsp3) is 0.500. The highest BCUT2D eigenvalue weighted by molar-refractivity contribution is 5.85. The Morgan fingerprint density at radius 2 is 2.09 bits per heavy atom. The summed E-state index contributed by atoms with van der Waals surface area (Å²) in [6, 6.07) is 2.53. The van der Waals surface area contributed by atoms with Gasteiger partial charge >= 0.3 is 5.97 Å². The number of carboxylic acid groups (broad SMARTS) is 1. The zero-order valence-corrected chi connectivity index (χ0v) is 12.8. The average Bonchev–Trinajstić information content (AvgIpc) is 2.41. The van der Waals surface area contributed by atoms with Gasteiger partial charge in [0.25, 0.3) is 0 Å². The molecule has 2 N–H and O–H groups in total. The largest absolute Gasteiger partial charge is 0.488 e. The van der Waals surface area contributed by atoms with Gasteiger partial charge in [-0.25, -0.2) is 8.78 Å². The quantitative estimate of drug-likeness (QED) is 0.807. The number of rotatable bonds is 7. The van der Waals surface area contributed by atoms with E-state index in [1.54, 1.807) is 6.92 Å². The molecule has 0 saturated heterocycles. The van der Waals surface area contributed by atoms with E-state index in [0.717, 1.165) is 12.5 Å². The van der Waals surface area contributed by atoms with Crippen LogP contribution in [0, 0.1) is 17.0 Å². The second-order valence-electron chi connectivity index (χ2n) is 5.97. The minimum absolute atomic E-state index is 0.00559. The molecule has 23 heavy (non-hydrogen) atoms. The van der Waals surface area contributed by atoms with Gasteiger partial charge in [0.2, 0.25) is 5.91 Å². The summed E-state index contributed by atoms with van der Waals surface area (Å²) in [6.45, 7) is 1.65. The summed E-state index contributed by atoms with van der Waals surface area (Å²) < 4.78 is 31.4. The molecule has 1 amide bonds. The van der Waals surface area contributed by atoms with Crippen molar-refractivity contribution in [2.45, 2.75) is 38.6 Å². The van der Waals surface area contributed by atoms with Gasteiger partial charge < -0.3 is 15.2 Å². The number of benzene rings is 1. The second-order valence-corrected chi connectivity index (χ2v) is 5.97. The topological polar surface area (TPSA) is 75.6 Å². The zero-order valence-electron chi connectivity index (χ0n) is 12.8. The van der Waals surface area contributed by atoms with Gasteiger partial charge in [-0.2, -0.15) is 0 Å². The Morgan fingerprint density at radius 3 is 2.61 bits per heavy atom. The first kappa shape index (κ1) is 17.2. The Kier molecular flexibility index (Phi) is 5.18. The van der Waals surface area contributed by atoms with E-state index in [4.69, 9.17) is 4.74 Å². The third kappa shape index (κ3) is 4.18. The van der Waals surface area contributed by atoms with E-state index >= 15 is 0 Å². The minimum atomic E-state index is -0.951. The van der Waals surface area contributed by atoms with Crippen LogP contribution in [-0.2, 0) is 9.59 Å². The summed E-state index contributed by atoms with van der Waals surface area (Å²) in [4.78, 5) is 23.2. The monoisotopic (exact) mass is 327 g/mol. The van der Waals surface area contributed by atoms with Crippen LogP contribution in [0.25, 0.3) is 0 Å². The third-order valence-electron chi connectivity index (χ3n) is 4.05. The molecule has 1 unspecified atom stereocenters.